The molecule has 0 heterocycles. The summed E-state index contributed by atoms with van der Waals surface area (Å²) >= 11 is 0.854. The molecule has 0 radical (unpaired) electrons. The van der Waals surface area contributed by atoms with Gasteiger partial charge in [0, 0.05) is 16.9 Å². The Labute approximate surface area is 130 Å². The summed E-state index contributed by atoms with van der Waals surface area (Å²) in [5, 5.41) is 0. The molecule has 0 fully saturated rings. The third kappa shape index (κ3) is 4.33. The van der Waals surface area contributed by atoms with E-state index >= 15 is 0 Å². The molecule has 2 rings (SSSR count). The van der Waals surface area contributed by atoms with Crippen LogP contribution in [0.1, 0.15) is 26.3 Å². The Kier molecular flexibility index (Phi) is 4.76. The van der Waals surface area contributed by atoms with Crippen molar-refractivity contribution in [2.24, 2.45) is 0 Å². The monoisotopic (exact) mass is 322 g/mol. The molecule has 0 atom stereocenters. The van der Waals surface area contributed by atoms with Crippen molar-refractivity contribution in [1.82, 2.24) is 0 Å². The van der Waals surface area contributed by atoms with Crippen LogP contribution in [-0.4, -0.2) is 8.42 Å². The van der Waals surface area contributed by atoms with Crippen molar-refractivity contribution in [3.05, 3.63) is 60.2 Å². The third-order valence-electron chi connectivity index (χ3n) is 2.97. The van der Waals surface area contributed by atoms with E-state index in [1.807, 2.05) is 24.3 Å². The van der Waals surface area contributed by atoms with Gasteiger partial charge in [0.2, 0.25) is 0 Å². The summed E-state index contributed by atoms with van der Waals surface area (Å²) in [5.41, 5.74) is 1.26. The molecule has 3 nitrogen and oxygen atoms in total. The maximum atomic E-state index is 12.0. The number of hydrogen-bond donors (Lipinski definition) is 0. The van der Waals surface area contributed by atoms with Crippen LogP contribution in [0.4, 0.5) is 0 Å². The quantitative estimate of drug-likeness (QED) is 0.783. The maximum Gasteiger partial charge on any atom is 0.308 e. The van der Waals surface area contributed by atoms with E-state index in [1.165, 1.54) is 17.7 Å². The number of benzene rings is 2. The molecule has 2 aromatic rings. The van der Waals surface area contributed by atoms with Crippen LogP contribution in [0.2, 0.25) is 0 Å². The lowest BCUT2D eigenvalue weighted by Gasteiger charge is -2.18. The SMILES string of the molecule is CC(C)(C)c1ccc(SOS(=O)(=O)c2ccccc2)cc1. The Morgan fingerprint density at radius 3 is 2.00 bits per heavy atom. The lowest BCUT2D eigenvalue weighted by atomic mass is 9.87. The minimum atomic E-state index is -3.73. The maximum absolute atomic E-state index is 12.0. The third-order valence-corrected chi connectivity index (χ3v) is 5.27. The van der Waals surface area contributed by atoms with Crippen molar-refractivity contribution >= 4 is 22.2 Å². The fourth-order valence-corrected chi connectivity index (χ4v) is 3.45. The molecule has 0 amide bonds. The highest BCUT2D eigenvalue weighted by Crippen LogP contribution is 2.28. The lowest BCUT2D eigenvalue weighted by Crippen LogP contribution is -2.10. The minimum absolute atomic E-state index is 0.0696. The molecule has 0 spiro atoms. The Morgan fingerprint density at radius 2 is 1.48 bits per heavy atom. The van der Waals surface area contributed by atoms with Gasteiger partial charge >= 0.3 is 10.1 Å². The van der Waals surface area contributed by atoms with E-state index in [4.69, 9.17) is 3.63 Å². The summed E-state index contributed by atoms with van der Waals surface area (Å²) in [6.07, 6.45) is 0. The Bertz CT molecular complexity index is 685. The summed E-state index contributed by atoms with van der Waals surface area (Å²) < 4.78 is 29.0. The van der Waals surface area contributed by atoms with Gasteiger partial charge in [0.25, 0.3) is 0 Å². The molecule has 5 heteroatoms. The van der Waals surface area contributed by atoms with Crippen LogP contribution < -0.4 is 0 Å². The Balaban J connectivity index is 2.07. The topological polar surface area (TPSA) is 43.4 Å². The van der Waals surface area contributed by atoms with Crippen molar-refractivity contribution in [2.75, 3.05) is 0 Å². The van der Waals surface area contributed by atoms with Gasteiger partial charge < -0.3 is 0 Å². The largest absolute Gasteiger partial charge is 0.308 e. The summed E-state index contributed by atoms with van der Waals surface area (Å²) in [7, 11) is -3.73. The first kappa shape index (κ1) is 16.1. The van der Waals surface area contributed by atoms with Gasteiger partial charge in [-0.25, -0.2) is 0 Å². The second-order valence-corrected chi connectivity index (χ2v) is 8.25. The molecule has 21 heavy (non-hydrogen) atoms. The van der Waals surface area contributed by atoms with Gasteiger partial charge in [0.1, 0.15) is 0 Å². The van der Waals surface area contributed by atoms with Crippen LogP contribution >= 0.6 is 12.0 Å². The molecular weight excluding hydrogens is 304 g/mol. The first-order valence-corrected chi connectivity index (χ1v) is 8.71. The van der Waals surface area contributed by atoms with E-state index in [-0.39, 0.29) is 10.3 Å². The first-order valence-electron chi connectivity index (χ1n) is 6.56. The van der Waals surface area contributed by atoms with Crippen molar-refractivity contribution in [3.63, 3.8) is 0 Å². The van der Waals surface area contributed by atoms with Crippen LogP contribution in [0.15, 0.2) is 64.4 Å². The molecule has 0 saturated heterocycles. The van der Waals surface area contributed by atoms with Crippen molar-refractivity contribution in [3.8, 4) is 0 Å². The van der Waals surface area contributed by atoms with Gasteiger partial charge in [-0.15, -0.1) is 0 Å². The van der Waals surface area contributed by atoms with Crippen LogP contribution in [0.25, 0.3) is 0 Å². The predicted molar refractivity (Wildman–Crippen MR) is 85.7 cm³/mol. The smallest absolute Gasteiger partial charge is 0.193 e. The summed E-state index contributed by atoms with van der Waals surface area (Å²) in [6, 6.07) is 15.8. The van der Waals surface area contributed by atoms with Gasteiger partial charge in [-0.1, -0.05) is 51.1 Å². The van der Waals surface area contributed by atoms with Crippen LogP contribution in [0.3, 0.4) is 0 Å². The van der Waals surface area contributed by atoms with E-state index < -0.39 is 10.1 Å². The molecular formula is C16H18O3S2. The van der Waals surface area contributed by atoms with Gasteiger partial charge in [-0.2, -0.15) is 12.0 Å². The molecule has 0 aliphatic rings. The molecule has 0 N–H and O–H groups in total. The molecule has 0 aliphatic heterocycles. The van der Waals surface area contributed by atoms with Gasteiger partial charge in [-0.05, 0) is 35.2 Å². The normalized spacial score (nSPS) is 12.3. The van der Waals surface area contributed by atoms with Crippen molar-refractivity contribution < 1.29 is 12.0 Å². The average molecular weight is 322 g/mol. The Hall–Kier alpha value is -1.30. The highest BCUT2D eigenvalue weighted by molar-refractivity contribution is 8.04. The van der Waals surface area contributed by atoms with E-state index in [1.54, 1.807) is 18.2 Å². The highest BCUT2D eigenvalue weighted by atomic mass is 32.3. The Morgan fingerprint density at radius 1 is 0.905 bits per heavy atom. The standard InChI is InChI=1S/C16H18O3S2/c1-16(2,3)13-9-11-14(12-10-13)20-19-21(17,18)15-7-5-4-6-8-15/h4-12H,1-3H3. The van der Waals surface area contributed by atoms with Crippen molar-refractivity contribution in [1.29, 1.82) is 0 Å². The van der Waals surface area contributed by atoms with E-state index in [0.29, 0.717) is 0 Å². The second kappa shape index (κ2) is 6.22. The van der Waals surface area contributed by atoms with Crippen LogP contribution in [0, 0.1) is 0 Å². The van der Waals surface area contributed by atoms with E-state index in [0.717, 1.165) is 16.9 Å². The van der Waals surface area contributed by atoms with E-state index in [9.17, 15) is 8.42 Å². The zero-order valence-electron chi connectivity index (χ0n) is 12.2. The molecule has 0 saturated carbocycles. The molecule has 2 aromatic carbocycles. The van der Waals surface area contributed by atoms with Crippen molar-refractivity contribution in [2.45, 2.75) is 36.0 Å². The first-order chi connectivity index (χ1) is 9.79. The number of rotatable bonds is 4. The second-order valence-electron chi connectivity index (χ2n) is 5.69. The van der Waals surface area contributed by atoms with Gasteiger partial charge in [0.05, 0.1) is 4.90 Å². The molecule has 112 valence electrons. The summed E-state index contributed by atoms with van der Waals surface area (Å²) in [4.78, 5) is 0.909. The number of hydrogen-bond acceptors (Lipinski definition) is 4. The molecule has 0 aromatic heterocycles. The fourth-order valence-electron chi connectivity index (χ4n) is 1.72. The highest BCUT2D eigenvalue weighted by Gasteiger charge is 2.17. The molecule has 0 bridgehead atoms. The molecule has 0 unspecified atom stereocenters. The zero-order valence-corrected chi connectivity index (χ0v) is 13.9. The fraction of sp³-hybridized carbons (Fsp3) is 0.250. The van der Waals surface area contributed by atoms with Crippen LogP contribution in [0.5, 0.6) is 0 Å². The zero-order chi connectivity index (χ0) is 15.5. The summed E-state index contributed by atoms with van der Waals surface area (Å²) in [6.45, 7) is 6.39. The van der Waals surface area contributed by atoms with Gasteiger partial charge in [0.15, 0.2) is 0 Å². The lowest BCUT2D eigenvalue weighted by molar-refractivity contribution is 0.518. The predicted octanol–water partition coefficient (Wildman–Crippen LogP) is 4.40. The minimum Gasteiger partial charge on any atom is -0.193 e. The summed E-state index contributed by atoms with van der Waals surface area (Å²) in [5.74, 6) is 0. The molecule has 0 aliphatic carbocycles. The van der Waals surface area contributed by atoms with Gasteiger partial charge in [-0.3, -0.25) is 0 Å². The van der Waals surface area contributed by atoms with E-state index in [2.05, 4.69) is 20.8 Å². The van der Waals surface area contributed by atoms with Crippen LogP contribution in [-0.2, 0) is 19.2 Å². The average Bonchev–Trinajstić information content (AvgIpc) is 2.46.